The summed E-state index contributed by atoms with van der Waals surface area (Å²) in [5.41, 5.74) is 3.29. The van der Waals surface area contributed by atoms with Crippen molar-refractivity contribution in [3.63, 3.8) is 0 Å². The van der Waals surface area contributed by atoms with Crippen LogP contribution in [0.2, 0.25) is 5.02 Å². The maximum atomic E-state index is 12.3. The average Bonchev–Trinajstić information content (AvgIpc) is 3.29. The summed E-state index contributed by atoms with van der Waals surface area (Å²) in [6, 6.07) is 21.0. The Labute approximate surface area is 189 Å². The molecule has 0 aliphatic rings. The molecule has 1 heterocycles. The van der Waals surface area contributed by atoms with Gasteiger partial charge in [0.2, 0.25) is 11.8 Å². The number of anilines is 1. The van der Waals surface area contributed by atoms with Crippen LogP contribution in [0, 0.1) is 6.92 Å². The van der Waals surface area contributed by atoms with Crippen LogP contribution in [0.3, 0.4) is 0 Å². The topological polar surface area (TPSA) is 94.3 Å². The minimum Gasteiger partial charge on any atom is -0.452 e. The number of carbonyl (C=O) groups excluding carboxylic acids is 2. The minimum atomic E-state index is -0.628. The van der Waals surface area contributed by atoms with Gasteiger partial charge in [0.1, 0.15) is 0 Å². The summed E-state index contributed by atoms with van der Waals surface area (Å²) < 4.78 is 10.9. The van der Waals surface area contributed by atoms with E-state index < -0.39 is 18.5 Å². The molecule has 1 N–H and O–H groups in total. The molecule has 4 aromatic rings. The number of aromatic nitrogens is 2. The van der Waals surface area contributed by atoms with Gasteiger partial charge in [-0.05, 0) is 55.0 Å². The van der Waals surface area contributed by atoms with Crippen molar-refractivity contribution in [1.82, 2.24) is 10.2 Å². The highest BCUT2D eigenvalue weighted by Crippen LogP contribution is 2.26. The fourth-order valence-corrected chi connectivity index (χ4v) is 3.16. The smallest absolute Gasteiger partial charge is 0.338 e. The van der Waals surface area contributed by atoms with E-state index in [4.69, 9.17) is 20.8 Å². The van der Waals surface area contributed by atoms with Crippen molar-refractivity contribution in [2.45, 2.75) is 6.92 Å². The molecular weight excluding hydrogens is 430 g/mol. The molecule has 32 heavy (non-hydrogen) atoms. The van der Waals surface area contributed by atoms with Crippen LogP contribution in [-0.2, 0) is 9.53 Å². The number of rotatable bonds is 6. The molecule has 0 atom stereocenters. The Bertz CT molecular complexity index is 1270. The molecule has 0 saturated heterocycles. The fourth-order valence-electron chi connectivity index (χ4n) is 2.97. The molecule has 0 saturated carbocycles. The van der Waals surface area contributed by atoms with E-state index >= 15 is 0 Å². The zero-order valence-corrected chi connectivity index (χ0v) is 17.8. The monoisotopic (exact) mass is 447 g/mol. The van der Waals surface area contributed by atoms with Gasteiger partial charge in [-0.1, -0.05) is 41.9 Å². The number of amides is 1. The lowest BCUT2D eigenvalue weighted by atomic mass is 10.1. The average molecular weight is 448 g/mol. The Hall–Kier alpha value is -3.97. The summed E-state index contributed by atoms with van der Waals surface area (Å²) in [7, 11) is 0. The zero-order chi connectivity index (χ0) is 22.5. The predicted octanol–water partition coefficient (Wildman–Crippen LogP) is 5.16. The second-order valence-corrected chi connectivity index (χ2v) is 7.32. The first-order valence-corrected chi connectivity index (χ1v) is 10.1. The summed E-state index contributed by atoms with van der Waals surface area (Å²) >= 11 is 6.00. The number of carbonyl (C=O) groups is 2. The summed E-state index contributed by atoms with van der Waals surface area (Å²) in [6.45, 7) is 1.53. The first-order valence-electron chi connectivity index (χ1n) is 9.73. The Kier molecular flexibility index (Phi) is 6.28. The van der Waals surface area contributed by atoms with Gasteiger partial charge in [0.05, 0.1) is 16.3 Å². The second kappa shape index (κ2) is 9.45. The van der Waals surface area contributed by atoms with Crippen molar-refractivity contribution in [3.05, 3.63) is 88.9 Å². The van der Waals surface area contributed by atoms with Gasteiger partial charge in [0.25, 0.3) is 5.91 Å². The number of nitrogens with one attached hydrogen (secondary N) is 1. The quantitative estimate of drug-likeness (QED) is 0.410. The molecular formula is C24H18ClN3O4. The highest BCUT2D eigenvalue weighted by atomic mass is 35.5. The molecule has 0 unspecified atom stereocenters. The van der Waals surface area contributed by atoms with Gasteiger partial charge in [-0.25, -0.2) is 4.79 Å². The molecule has 4 rings (SSSR count). The SMILES string of the molecule is Cc1ccccc1-c1nnc(-c2ccc(C(=O)OCC(=O)Nc3ccccc3Cl)cc2)o1. The van der Waals surface area contributed by atoms with E-state index in [1.54, 1.807) is 48.5 Å². The first-order chi connectivity index (χ1) is 15.5. The van der Waals surface area contributed by atoms with Gasteiger partial charge >= 0.3 is 5.97 Å². The number of aryl methyl sites for hydroxylation is 1. The number of esters is 1. The van der Waals surface area contributed by atoms with Gasteiger partial charge in [0, 0.05) is 11.1 Å². The number of hydrogen-bond acceptors (Lipinski definition) is 6. The van der Waals surface area contributed by atoms with E-state index in [9.17, 15) is 9.59 Å². The molecule has 0 aliphatic carbocycles. The third-order valence-electron chi connectivity index (χ3n) is 4.65. The van der Waals surface area contributed by atoms with Gasteiger partial charge in [0.15, 0.2) is 6.61 Å². The Morgan fingerprint density at radius 1 is 0.938 bits per heavy atom. The number of para-hydroxylation sites is 1. The third kappa shape index (κ3) is 4.84. The molecule has 1 amide bonds. The molecule has 0 radical (unpaired) electrons. The largest absolute Gasteiger partial charge is 0.452 e. The number of nitrogens with zero attached hydrogens (tertiary/aromatic N) is 2. The Balaban J connectivity index is 1.37. The van der Waals surface area contributed by atoms with E-state index in [2.05, 4.69) is 15.5 Å². The molecule has 0 fully saturated rings. The van der Waals surface area contributed by atoms with Crippen LogP contribution in [0.25, 0.3) is 22.9 Å². The number of hydrogen-bond donors (Lipinski definition) is 1. The van der Waals surface area contributed by atoms with Crippen LogP contribution in [0.1, 0.15) is 15.9 Å². The highest BCUT2D eigenvalue weighted by molar-refractivity contribution is 6.33. The molecule has 160 valence electrons. The molecule has 3 aromatic carbocycles. The summed E-state index contributed by atoms with van der Waals surface area (Å²) in [5.74, 6) is -0.358. The molecule has 1 aromatic heterocycles. The number of ether oxygens (including phenoxy) is 1. The minimum absolute atomic E-state index is 0.290. The maximum absolute atomic E-state index is 12.3. The summed E-state index contributed by atoms with van der Waals surface area (Å²) in [5, 5.41) is 11.2. The van der Waals surface area contributed by atoms with Crippen molar-refractivity contribution < 1.29 is 18.7 Å². The number of halogens is 1. The molecule has 0 spiro atoms. The van der Waals surface area contributed by atoms with Gasteiger partial charge in [-0.2, -0.15) is 0 Å². The van der Waals surface area contributed by atoms with Crippen LogP contribution in [-0.4, -0.2) is 28.7 Å². The number of benzene rings is 3. The van der Waals surface area contributed by atoms with E-state index in [1.165, 1.54) is 0 Å². The van der Waals surface area contributed by atoms with Crippen molar-refractivity contribution in [2.24, 2.45) is 0 Å². The van der Waals surface area contributed by atoms with E-state index in [1.807, 2.05) is 31.2 Å². The van der Waals surface area contributed by atoms with Crippen molar-refractivity contribution in [1.29, 1.82) is 0 Å². The van der Waals surface area contributed by atoms with Gasteiger partial charge in [-0.15, -0.1) is 10.2 Å². The summed E-state index contributed by atoms with van der Waals surface area (Å²) in [4.78, 5) is 24.3. The lowest BCUT2D eigenvalue weighted by molar-refractivity contribution is -0.119. The molecule has 0 aliphatic heterocycles. The molecule has 0 bridgehead atoms. The van der Waals surface area contributed by atoms with Crippen LogP contribution in [0.5, 0.6) is 0 Å². The van der Waals surface area contributed by atoms with E-state index in [0.29, 0.717) is 28.1 Å². The van der Waals surface area contributed by atoms with Crippen LogP contribution in [0.15, 0.2) is 77.2 Å². The van der Waals surface area contributed by atoms with Gasteiger partial charge in [-0.3, -0.25) is 4.79 Å². The highest BCUT2D eigenvalue weighted by Gasteiger charge is 2.15. The maximum Gasteiger partial charge on any atom is 0.338 e. The standard InChI is InChI=1S/C24H18ClN3O4/c1-15-6-2-3-7-18(15)23-28-27-22(32-23)16-10-12-17(13-11-16)24(30)31-14-21(29)26-20-9-5-4-8-19(20)25/h2-13H,14H2,1H3,(H,26,29). The predicted molar refractivity (Wildman–Crippen MR) is 120 cm³/mol. The van der Waals surface area contributed by atoms with Crippen molar-refractivity contribution >= 4 is 29.2 Å². The van der Waals surface area contributed by atoms with Crippen molar-refractivity contribution in [2.75, 3.05) is 11.9 Å². The van der Waals surface area contributed by atoms with Crippen molar-refractivity contribution in [3.8, 4) is 22.9 Å². The Morgan fingerprint density at radius 2 is 1.62 bits per heavy atom. The zero-order valence-electron chi connectivity index (χ0n) is 17.0. The van der Waals surface area contributed by atoms with Crippen LogP contribution >= 0.6 is 11.6 Å². The van der Waals surface area contributed by atoms with Crippen LogP contribution in [0.4, 0.5) is 5.69 Å². The summed E-state index contributed by atoms with van der Waals surface area (Å²) in [6.07, 6.45) is 0. The normalized spacial score (nSPS) is 10.6. The van der Waals surface area contributed by atoms with E-state index in [-0.39, 0.29) is 5.56 Å². The molecule has 8 heteroatoms. The second-order valence-electron chi connectivity index (χ2n) is 6.91. The lowest BCUT2D eigenvalue weighted by Crippen LogP contribution is -2.21. The van der Waals surface area contributed by atoms with E-state index in [0.717, 1.165) is 11.1 Å². The lowest BCUT2D eigenvalue weighted by Gasteiger charge is -2.08. The molecule has 7 nitrogen and oxygen atoms in total. The third-order valence-corrected chi connectivity index (χ3v) is 4.98. The van der Waals surface area contributed by atoms with Crippen LogP contribution < -0.4 is 5.32 Å². The Morgan fingerprint density at radius 3 is 2.38 bits per heavy atom. The van der Waals surface area contributed by atoms with Gasteiger partial charge < -0.3 is 14.5 Å². The first kappa shape index (κ1) is 21.3. The fraction of sp³-hybridized carbons (Fsp3) is 0.0833.